The molecule has 0 unspecified atom stereocenters. The van der Waals surface area contributed by atoms with Crippen molar-refractivity contribution < 1.29 is 22.6 Å². The molecule has 4 aromatic heterocycles. The summed E-state index contributed by atoms with van der Waals surface area (Å²) in [5.41, 5.74) is 6.67. The van der Waals surface area contributed by atoms with Crippen LogP contribution < -0.4 is 22.0 Å². The van der Waals surface area contributed by atoms with Gasteiger partial charge >= 0.3 is 17.8 Å². The number of fused-ring (bicyclic) bond motifs is 1. The summed E-state index contributed by atoms with van der Waals surface area (Å²) in [4.78, 5) is 33.8. The van der Waals surface area contributed by atoms with Crippen LogP contribution in [0, 0.1) is 0 Å². The van der Waals surface area contributed by atoms with E-state index in [1.54, 1.807) is 24.3 Å². The average molecular weight is 470 g/mol. The van der Waals surface area contributed by atoms with Crippen molar-refractivity contribution in [3.8, 4) is 22.4 Å². The molecule has 0 atom stereocenters. The minimum absolute atomic E-state index is 0.0733. The maximum absolute atomic E-state index is 13.2. The molecular weight excluding hydrogens is 455 g/mol. The number of nitrogens with two attached hydrogens (primary N) is 1. The highest BCUT2D eigenvalue weighted by Gasteiger charge is 2.39. The predicted octanol–water partition coefficient (Wildman–Crippen LogP) is 1.97. The molecule has 13 heteroatoms. The third-order valence-corrected chi connectivity index (χ3v) is 5.14. The molecule has 0 radical (unpaired) electrons. The van der Waals surface area contributed by atoms with Crippen LogP contribution in [0.1, 0.15) is 11.5 Å². The van der Waals surface area contributed by atoms with Crippen LogP contribution in [0.15, 0.2) is 69.1 Å². The van der Waals surface area contributed by atoms with Crippen LogP contribution in [0.4, 0.5) is 19.1 Å². The van der Waals surface area contributed by atoms with Crippen LogP contribution in [0.3, 0.4) is 0 Å². The number of oxazole rings is 1. The van der Waals surface area contributed by atoms with Crippen LogP contribution >= 0.6 is 0 Å². The van der Waals surface area contributed by atoms with Crippen molar-refractivity contribution in [3.05, 3.63) is 87.3 Å². The molecule has 5 aromatic rings. The molecule has 1 aromatic carbocycles. The van der Waals surface area contributed by atoms with Gasteiger partial charge in [-0.2, -0.15) is 17.9 Å². The lowest BCUT2D eigenvalue weighted by atomic mass is 10.0. The van der Waals surface area contributed by atoms with E-state index < -0.39 is 29.9 Å². The molecule has 0 saturated heterocycles. The minimum atomic E-state index is -4.79. The molecule has 0 aliphatic rings. The number of anilines is 1. The molecule has 172 valence electrons. The lowest BCUT2D eigenvalue weighted by Crippen LogP contribution is -2.28. The number of H-pyrrole nitrogens is 2. The van der Waals surface area contributed by atoms with Gasteiger partial charge in [0, 0.05) is 23.4 Å². The number of nitrogens with zero attached hydrogens (tertiary/aromatic N) is 4. The van der Waals surface area contributed by atoms with E-state index in [1.807, 2.05) is 6.07 Å². The van der Waals surface area contributed by atoms with Crippen molar-refractivity contribution in [1.82, 2.24) is 24.1 Å². The number of pyridine rings is 1. The summed E-state index contributed by atoms with van der Waals surface area (Å²) in [6, 6.07) is 11.9. The van der Waals surface area contributed by atoms with E-state index in [0.717, 1.165) is 9.08 Å². The van der Waals surface area contributed by atoms with E-state index in [0.29, 0.717) is 28.8 Å². The van der Waals surface area contributed by atoms with E-state index in [-0.39, 0.29) is 17.2 Å². The molecule has 0 saturated carbocycles. The Morgan fingerprint density at radius 1 is 1.09 bits per heavy atom. The van der Waals surface area contributed by atoms with Gasteiger partial charge in [0.15, 0.2) is 6.39 Å². The molecule has 0 amide bonds. The normalized spacial score (nSPS) is 11.9. The molecule has 0 spiro atoms. The van der Waals surface area contributed by atoms with Gasteiger partial charge in [0.25, 0.3) is 0 Å². The van der Waals surface area contributed by atoms with Gasteiger partial charge in [-0.3, -0.25) is 10.5 Å². The maximum Gasteiger partial charge on any atom is 0.451 e. The number of benzene rings is 1. The molecule has 0 fully saturated rings. The van der Waals surface area contributed by atoms with Crippen molar-refractivity contribution in [2.24, 2.45) is 0 Å². The Balaban J connectivity index is 1.78. The summed E-state index contributed by atoms with van der Waals surface area (Å²) >= 11 is 0. The fraction of sp³-hybridized carbons (Fsp3) is 0.0952. The van der Waals surface area contributed by atoms with Crippen molar-refractivity contribution >= 4 is 11.6 Å². The monoisotopic (exact) mass is 470 g/mol. The average Bonchev–Trinajstić information content (AvgIpc) is 3.40. The number of alkyl halides is 3. The Morgan fingerprint density at radius 2 is 1.85 bits per heavy atom. The highest BCUT2D eigenvalue weighted by molar-refractivity contribution is 5.88. The van der Waals surface area contributed by atoms with Crippen molar-refractivity contribution in [1.29, 1.82) is 0 Å². The van der Waals surface area contributed by atoms with Gasteiger partial charge in [0.1, 0.15) is 11.4 Å². The Labute approximate surface area is 187 Å². The van der Waals surface area contributed by atoms with E-state index in [1.165, 1.54) is 18.3 Å². The summed E-state index contributed by atoms with van der Waals surface area (Å²) < 4.78 is 46.0. The van der Waals surface area contributed by atoms with E-state index >= 15 is 0 Å². The first kappa shape index (κ1) is 21.2. The standard InChI is InChI=1S/C21H14F3N7O3/c22-21(23,24)17-13(27-10-34-17)9-30-20(33)31-18(29-30)15(12-6-7-14(32)26-8-12)16(28-19(31)25)11-4-2-1-3-5-11/h1-8,10H,9H2,(H2,25,28)(H,26,32)/p+1. The highest BCUT2D eigenvalue weighted by Crippen LogP contribution is 2.33. The fourth-order valence-corrected chi connectivity index (χ4v) is 3.66. The lowest BCUT2D eigenvalue weighted by Gasteiger charge is -2.08. The van der Waals surface area contributed by atoms with Gasteiger partial charge in [-0.05, 0) is 6.07 Å². The lowest BCUT2D eigenvalue weighted by molar-refractivity contribution is -0.351. The first-order valence-corrected chi connectivity index (χ1v) is 9.82. The number of rotatable bonds is 4. The second-order valence-electron chi connectivity index (χ2n) is 7.29. The topological polar surface area (TPSA) is 138 Å². The molecule has 10 nitrogen and oxygen atoms in total. The molecule has 4 heterocycles. The molecule has 0 aliphatic carbocycles. The highest BCUT2D eigenvalue weighted by atomic mass is 19.4. The Kier molecular flexibility index (Phi) is 4.81. The van der Waals surface area contributed by atoms with Gasteiger partial charge in [-0.1, -0.05) is 30.3 Å². The number of aromatic amines is 2. The van der Waals surface area contributed by atoms with Crippen molar-refractivity contribution in [3.63, 3.8) is 0 Å². The zero-order valence-electron chi connectivity index (χ0n) is 17.1. The zero-order chi connectivity index (χ0) is 24.0. The summed E-state index contributed by atoms with van der Waals surface area (Å²) in [6.07, 6.45) is -2.69. The van der Waals surface area contributed by atoms with Crippen molar-refractivity contribution in [2.45, 2.75) is 12.7 Å². The second kappa shape index (κ2) is 7.72. The van der Waals surface area contributed by atoms with Gasteiger partial charge in [0.2, 0.25) is 17.0 Å². The van der Waals surface area contributed by atoms with Crippen LogP contribution in [-0.4, -0.2) is 24.1 Å². The summed E-state index contributed by atoms with van der Waals surface area (Å²) in [5, 5.41) is 4.28. The number of halogens is 3. The van der Waals surface area contributed by atoms with Gasteiger partial charge < -0.3 is 9.40 Å². The third kappa shape index (κ3) is 3.52. The number of hydrogen-bond donors (Lipinski definition) is 2. The Morgan fingerprint density at radius 3 is 2.53 bits per heavy atom. The Bertz CT molecular complexity index is 1610. The van der Waals surface area contributed by atoms with Gasteiger partial charge in [-0.25, -0.2) is 14.8 Å². The second-order valence-corrected chi connectivity index (χ2v) is 7.29. The summed E-state index contributed by atoms with van der Waals surface area (Å²) in [6.45, 7) is -0.600. The fourth-order valence-electron chi connectivity index (χ4n) is 3.66. The number of hydrogen-bond acceptors (Lipinski definition) is 6. The maximum atomic E-state index is 13.2. The van der Waals surface area contributed by atoms with Gasteiger partial charge in [-0.15, -0.1) is 9.50 Å². The molecular formula is C21H15F3N7O3+. The minimum Gasteiger partial charge on any atom is -0.439 e. The van der Waals surface area contributed by atoms with E-state index in [2.05, 4.69) is 24.5 Å². The van der Waals surface area contributed by atoms with Crippen LogP contribution in [0.2, 0.25) is 0 Å². The number of aromatic nitrogens is 6. The molecule has 5 rings (SSSR count). The SMILES string of the molecule is Nc1[nH+]c(-c2ccccc2)c(-c2ccc(=O)[nH]c2)c2nn(Cc3ncoc3C(F)(F)F)c(=O)n12. The summed E-state index contributed by atoms with van der Waals surface area (Å²) in [7, 11) is 0. The van der Waals surface area contributed by atoms with E-state index in [9.17, 15) is 22.8 Å². The van der Waals surface area contributed by atoms with Crippen LogP contribution in [0.25, 0.3) is 28.0 Å². The molecule has 34 heavy (non-hydrogen) atoms. The van der Waals surface area contributed by atoms with E-state index in [4.69, 9.17) is 5.73 Å². The molecule has 4 N–H and O–H groups in total. The Hall–Kier alpha value is -4.68. The summed E-state index contributed by atoms with van der Waals surface area (Å²) in [5.74, 6) is -1.41. The molecule has 0 bridgehead atoms. The van der Waals surface area contributed by atoms with Crippen molar-refractivity contribution in [2.75, 3.05) is 5.73 Å². The van der Waals surface area contributed by atoms with Gasteiger partial charge in [0.05, 0.1) is 12.1 Å². The first-order chi connectivity index (χ1) is 16.2. The van der Waals surface area contributed by atoms with Crippen LogP contribution in [0.5, 0.6) is 0 Å². The number of nitrogens with one attached hydrogen (secondary N) is 2. The quantitative estimate of drug-likeness (QED) is 0.412. The third-order valence-electron chi connectivity index (χ3n) is 5.14. The largest absolute Gasteiger partial charge is 0.451 e. The number of nitrogen functional groups attached to an aromatic ring is 1. The smallest absolute Gasteiger partial charge is 0.439 e. The first-order valence-electron chi connectivity index (χ1n) is 9.82. The zero-order valence-corrected chi connectivity index (χ0v) is 17.1. The van der Waals surface area contributed by atoms with Crippen LogP contribution in [-0.2, 0) is 12.7 Å². The molecule has 0 aliphatic heterocycles. The predicted molar refractivity (Wildman–Crippen MR) is 113 cm³/mol.